The summed E-state index contributed by atoms with van der Waals surface area (Å²) in [6.07, 6.45) is 11.0. The van der Waals surface area contributed by atoms with Crippen LogP contribution in [0.15, 0.2) is 0 Å². The number of carbonyl (C=O) groups is 1. The lowest BCUT2D eigenvalue weighted by molar-refractivity contribution is -0.144. The molecule has 0 saturated heterocycles. The molecule has 114 valence electrons. The largest absolute Gasteiger partial charge is 0.466 e. The summed E-state index contributed by atoms with van der Waals surface area (Å²) in [5.74, 6) is -0.0474. The number of carbonyl (C=O) groups excluding carboxylic acids is 1. The molecule has 0 N–H and O–H groups in total. The molecule has 0 bridgehead atoms. The van der Waals surface area contributed by atoms with Crippen LogP contribution in [0.2, 0.25) is 0 Å². The molecule has 0 aliphatic carbocycles. The second-order valence-electron chi connectivity index (χ2n) is 5.69. The van der Waals surface area contributed by atoms with Crippen molar-refractivity contribution in [3.05, 3.63) is 0 Å². The molecule has 1 unspecified atom stereocenters. The predicted molar refractivity (Wildman–Crippen MR) is 85.9 cm³/mol. The molecule has 0 radical (unpaired) electrons. The van der Waals surface area contributed by atoms with E-state index in [2.05, 4.69) is 33.4 Å². The van der Waals surface area contributed by atoms with E-state index in [0.29, 0.717) is 13.0 Å². The van der Waals surface area contributed by atoms with Crippen LogP contribution < -0.4 is 0 Å². The van der Waals surface area contributed by atoms with E-state index in [4.69, 9.17) is 4.74 Å². The minimum absolute atomic E-state index is 0.0143. The van der Waals surface area contributed by atoms with Crippen LogP contribution in [0.5, 0.6) is 0 Å². The number of esters is 1. The Kier molecular flexibility index (Phi) is 11.5. The summed E-state index contributed by atoms with van der Waals surface area (Å²) in [7, 11) is 0. The Morgan fingerprint density at radius 2 is 1.63 bits per heavy atom. The van der Waals surface area contributed by atoms with Crippen molar-refractivity contribution in [2.45, 2.75) is 89.7 Å². The van der Waals surface area contributed by atoms with Gasteiger partial charge in [-0.3, -0.25) is 4.79 Å². The SMILES string of the molecule is CCCCCCCCCC(=O)OCCC(C)(S)CC. The fourth-order valence-corrected chi connectivity index (χ4v) is 1.95. The maximum absolute atomic E-state index is 11.5. The normalized spacial score (nSPS) is 14.1. The Bertz CT molecular complexity index is 227. The van der Waals surface area contributed by atoms with Crippen LogP contribution in [-0.4, -0.2) is 17.3 Å². The van der Waals surface area contributed by atoms with Gasteiger partial charge in [-0.2, -0.15) is 12.6 Å². The molecule has 0 fully saturated rings. The van der Waals surface area contributed by atoms with Crippen LogP contribution in [-0.2, 0) is 9.53 Å². The van der Waals surface area contributed by atoms with Crippen molar-refractivity contribution < 1.29 is 9.53 Å². The Morgan fingerprint density at radius 3 is 2.21 bits per heavy atom. The van der Waals surface area contributed by atoms with Gasteiger partial charge in [0, 0.05) is 11.2 Å². The van der Waals surface area contributed by atoms with Crippen molar-refractivity contribution in [1.29, 1.82) is 0 Å². The van der Waals surface area contributed by atoms with Crippen molar-refractivity contribution >= 4 is 18.6 Å². The van der Waals surface area contributed by atoms with Crippen molar-refractivity contribution in [3.8, 4) is 0 Å². The monoisotopic (exact) mass is 288 g/mol. The molecule has 0 aromatic carbocycles. The molecule has 0 saturated carbocycles. The zero-order valence-electron chi connectivity index (χ0n) is 13.0. The molecule has 0 aromatic rings. The first kappa shape index (κ1) is 18.8. The first-order chi connectivity index (χ1) is 9.02. The molecule has 2 nitrogen and oxygen atoms in total. The van der Waals surface area contributed by atoms with E-state index in [1.807, 2.05) is 0 Å². The van der Waals surface area contributed by atoms with Crippen LogP contribution in [0.25, 0.3) is 0 Å². The molecule has 19 heavy (non-hydrogen) atoms. The minimum Gasteiger partial charge on any atom is -0.466 e. The van der Waals surface area contributed by atoms with Crippen molar-refractivity contribution in [3.63, 3.8) is 0 Å². The van der Waals surface area contributed by atoms with Crippen molar-refractivity contribution in [2.75, 3.05) is 6.61 Å². The highest BCUT2D eigenvalue weighted by Gasteiger charge is 2.16. The van der Waals surface area contributed by atoms with Gasteiger partial charge < -0.3 is 4.74 Å². The van der Waals surface area contributed by atoms with Gasteiger partial charge in [0.15, 0.2) is 0 Å². The number of unbranched alkanes of at least 4 members (excludes halogenated alkanes) is 6. The Morgan fingerprint density at radius 1 is 1.05 bits per heavy atom. The lowest BCUT2D eigenvalue weighted by atomic mass is 10.0. The summed E-state index contributed by atoms with van der Waals surface area (Å²) in [4.78, 5) is 11.5. The van der Waals surface area contributed by atoms with Gasteiger partial charge in [0.25, 0.3) is 0 Å². The summed E-state index contributed by atoms with van der Waals surface area (Å²) < 4.78 is 5.22. The summed E-state index contributed by atoms with van der Waals surface area (Å²) in [5, 5.41) is 0. The van der Waals surface area contributed by atoms with Gasteiger partial charge in [0.2, 0.25) is 0 Å². The molecule has 0 aliphatic rings. The highest BCUT2D eigenvalue weighted by atomic mass is 32.1. The average molecular weight is 288 g/mol. The molecule has 3 heteroatoms. The average Bonchev–Trinajstić information content (AvgIpc) is 2.37. The molecular weight excluding hydrogens is 256 g/mol. The second-order valence-corrected chi connectivity index (χ2v) is 6.77. The smallest absolute Gasteiger partial charge is 0.305 e. The molecule has 0 spiro atoms. The Labute approximate surface area is 125 Å². The standard InChI is InChI=1S/C16H32O2S/c1-4-6-7-8-9-10-11-12-15(17)18-14-13-16(3,19)5-2/h19H,4-14H2,1-3H3. The maximum atomic E-state index is 11.5. The molecule has 0 rings (SSSR count). The second kappa shape index (κ2) is 11.6. The maximum Gasteiger partial charge on any atom is 0.305 e. The minimum atomic E-state index is -0.0474. The number of ether oxygens (including phenoxy) is 1. The number of hydrogen-bond donors (Lipinski definition) is 1. The van der Waals surface area contributed by atoms with Gasteiger partial charge in [0.05, 0.1) is 6.61 Å². The first-order valence-corrected chi connectivity index (χ1v) is 8.34. The van der Waals surface area contributed by atoms with E-state index in [1.54, 1.807) is 0 Å². The lowest BCUT2D eigenvalue weighted by Gasteiger charge is -2.20. The van der Waals surface area contributed by atoms with Gasteiger partial charge in [-0.25, -0.2) is 0 Å². The topological polar surface area (TPSA) is 26.3 Å². The van der Waals surface area contributed by atoms with E-state index in [-0.39, 0.29) is 10.7 Å². The third-order valence-electron chi connectivity index (χ3n) is 3.65. The van der Waals surface area contributed by atoms with Gasteiger partial charge in [-0.15, -0.1) is 0 Å². The van der Waals surface area contributed by atoms with E-state index in [0.717, 1.165) is 25.7 Å². The molecule has 1 atom stereocenters. The number of rotatable bonds is 12. The Balaban J connectivity index is 3.35. The van der Waals surface area contributed by atoms with E-state index in [9.17, 15) is 4.79 Å². The summed E-state index contributed by atoms with van der Waals surface area (Å²) in [6.45, 7) is 6.92. The molecule has 0 amide bonds. The van der Waals surface area contributed by atoms with Crippen LogP contribution in [0.3, 0.4) is 0 Å². The third kappa shape index (κ3) is 12.6. The zero-order chi connectivity index (χ0) is 14.6. The molecular formula is C16H32O2S. The van der Waals surface area contributed by atoms with Gasteiger partial charge in [0.1, 0.15) is 0 Å². The fraction of sp³-hybridized carbons (Fsp3) is 0.938. The summed E-state index contributed by atoms with van der Waals surface area (Å²) >= 11 is 4.52. The van der Waals surface area contributed by atoms with E-state index in [1.165, 1.54) is 32.1 Å². The molecule has 0 aliphatic heterocycles. The van der Waals surface area contributed by atoms with Gasteiger partial charge in [-0.05, 0) is 19.3 Å². The molecule has 0 aromatic heterocycles. The van der Waals surface area contributed by atoms with Crippen molar-refractivity contribution in [1.82, 2.24) is 0 Å². The predicted octanol–water partition coefficient (Wildman–Crippen LogP) is 5.16. The van der Waals surface area contributed by atoms with Crippen LogP contribution in [0.1, 0.15) is 85.0 Å². The summed E-state index contributed by atoms with van der Waals surface area (Å²) in [5.41, 5.74) is 0. The quantitative estimate of drug-likeness (QED) is 0.305. The van der Waals surface area contributed by atoms with Gasteiger partial charge in [-0.1, -0.05) is 59.3 Å². The van der Waals surface area contributed by atoms with Crippen LogP contribution in [0.4, 0.5) is 0 Å². The zero-order valence-corrected chi connectivity index (χ0v) is 13.9. The van der Waals surface area contributed by atoms with Crippen molar-refractivity contribution in [2.24, 2.45) is 0 Å². The van der Waals surface area contributed by atoms with Gasteiger partial charge >= 0.3 is 5.97 Å². The highest BCUT2D eigenvalue weighted by molar-refractivity contribution is 7.81. The fourth-order valence-electron chi connectivity index (χ4n) is 1.86. The summed E-state index contributed by atoms with van der Waals surface area (Å²) in [6, 6.07) is 0. The highest BCUT2D eigenvalue weighted by Crippen LogP contribution is 2.22. The first-order valence-electron chi connectivity index (χ1n) is 7.90. The van der Waals surface area contributed by atoms with E-state index >= 15 is 0 Å². The number of thiol groups is 1. The van der Waals surface area contributed by atoms with Crippen LogP contribution in [0, 0.1) is 0 Å². The van der Waals surface area contributed by atoms with E-state index < -0.39 is 0 Å². The third-order valence-corrected chi connectivity index (χ3v) is 4.19. The lowest BCUT2D eigenvalue weighted by Crippen LogP contribution is -2.19. The molecule has 0 heterocycles. The number of hydrogen-bond acceptors (Lipinski definition) is 3. The Hall–Kier alpha value is -0.180. The van der Waals surface area contributed by atoms with Crippen LogP contribution >= 0.6 is 12.6 Å².